The molecule has 0 saturated carbocycles. The van der Waals surface area contributed by atoms with Crippen molar-refractivity contribution in [1.82, 2.24) is 0 Å². The molecule has 0 spiro atoms. The van der Waals surface area contributed by atoms with Gasteiger partial charge in [-0.25, -0.2) is 0 Å². The van der Waals surface area contributed by atoms with Crippen LogP contribution >= 0.6 is 0 Å². The summed E-state index contributed by atoms with van der Waals surface area (Å²) in [6.45, 7) is 4.17. The molecule has 0 unspecified atom stereocenters. The highest BCUT2D eigenvalue weighted by Gasteiger charge is 2.02. The molecule has 0 fully saturated rings. The molecule has 0 aromatic carbocycles. The van der Waals surface area contributed by atoms with Crippen LogP contribution < -0.4 is 0 Å². The van der Waals surface area contributed by atoms with E-state index in [0.29, 0.717) is 6.42 Å². The maximum Gasteiger partial charge on any atom is 0.309 e. The first kappa shape index (κ1) is 14.7. The predicted octanol–water partition coefficient (Wildman–Crippen LogP) is 2.23. The van der Waals surface area contributed by atoms with Gasteiger partial charge in [-0.2, -0.15) is 0 Å². The average Bonchev–Trinajstić information content (AvgIpc) is 2.25. The van der Waals surface area contributed by atoms with Crippen LogP contribution in [-0.2, 0) is 19.1 Å². The summed E-state index contributed by atoms with van der Waals surface area (Å²) in [6.07, 6.45) is 6.03. The third-order valence-corrected chi connectivity index (χ3v) is 1.75. The second-order valence-electron chi connectivity index (χ2n) is 3.27. The summed E-state index contributed by atoms with van der Waals surface area (Å²) in [5, 5.41) is 0. The summed E-state index contributed by atoms with van der Waals surface area (Å²) in [5.41, 5.74) is 0. The molecule has 0 saturated heterocycles. The molecule has 0 radical (unpaired) electrons. The van der Waals surface area contributed by atoms with Gasteiger partial charge in [0.15, 0.2) is 0 Å². The molecule has 0 bridgehead atoms. The Balaban J connectivity index is 3.40. The largest absolute Gasteiger partial charge is 0.462 e. The Morgan fingerprint density at radius 1 is 1.00 bits per heavy atom. The third-order valence-electron chi connectivity index (χ3n) is 1.75. The molecule has 4 nitrogen and oxygen atoms in total. The zero-order chi connectivity index (χ0) is 12.2. The minimum atomic E-state index is -0.295. The smallest absolute Gasteiger partial charge is 0.309 e. The topological polar surface area (TPSA) is 52.6 Å². The number of allylic oxidation sites excluding steroid dienone is 1. The molecule has 0 rings (SSSR count). The van der Waals surface area contributed by atoms with Crippen LogP contribution in [0.5, 0.6) is 0 Å². The van der Waals surface area contributed by atoms with E-state index in [2.05, 4.69) is 0 Å². The Kier molecular flexibility index (Phi) is 9.36. The van der Waals surface area contributed by atoms with Crippen molar-refractivity contribution in [1.29, 1.82) is 0 Å². The first-order valence-corrected chi connectivity index (χ1v) is 5.66. The fourth-order valence-electron chi connectivity index (χ4n) is 0.992. The number of hydrogen-bond acceptors (Lipinski definition) is 4. The van der Waals surface area contributed by atoms with Gasteiger partial charge >= 0.3 is 11.9 Å². The standard InChI is InChI=1S/C12H20O4/c1-3-5-6-8-12(14)16-10-9-15-11(13)7-4-2/h5-6H,3-4,7-10H2,1-2H3. The molecule has 92 valence electrons. The molecule has 4 heteroatoms. The van der Waals surface area contributed by atoms with E-state index in [1.54, 1.807) is 6.08 Å². The van der Waals surface area contributed by atoms with Gasteiger partial charge in [0.1, 0.15) is 13.2 Å². The van der Waals surface area contributed by atoms with Gasteiger partial charge in [-0.05, 0) is 12.8 Å². The van der Waals surface area contributed by atoms with Crippen molar-refractivity contribution in [3.63, 3.8) is 0 Å². The summed E-state index contributed by atoms with van der Waals surface area (Å²) in [7, 11) is 0. The van der Waals surface area contributed by atoms with Gasteiger partial charge in [-0.3, -0.25) is 9.59 Å². The lowest BCUT2D eigenvalue weighted by molar-refractivity contribution is -0.151. The average molecular weight is 228 g/mol. The zero-order valence-electron chi connectivity index (χ0n) is 10.0. The van der Waals surface area contributed by atoms with Crippen LogP contribution in [-0.4, -0.2) is 25.2 Å². The van der Waals surface area contributed by atoms with Crippen molar-refractivity contribution in [3.05, 3.63) is 12.2 Å². The minimum Gasteiger partial charge on any atom is -0.462 e. The summed E-state index contributed by atoms with van der Waals surface area (Å²) in [5.74, 6) is -0.541. The zero-order valence-corrected chi connectivity index (χ0v) is 10.0. The molecule has 0 aromatic heterocycles. The molecule has 16 heavy (non-hydrogen) atoms. The van der Waals surface area contributed by atoms with Crippen LogP contribution in [0.4, 0.5) is 0 Å². The summed E-state index contributed by atoms with van der Waals surface area (Å²) in [4.78, 5) is 22.0. The molecule has 0 amide bonds. The maximum absolute atomic E-state index is 11.1. The van der Waals surface area contributed by atoms with Gasteiger partial charge in [0.25, 0.3) is 0 Å². The molecule has 0 atom stereocenters. The molecular weight excluding hydrogens is 208 g/mol. The highest BCUT2D eigenvalue weighted by atomic mass is 16.6. The van der Waals surface area contributed by atoms with Gasteiger partial charge in [0, 0.05) is 6.42 Å². The Labute approximate surface area is 96.6 Å². The second-order valence-corrected chi connectivity index (χ2v) is 3.27. The van der Waals surface area contributed by atoms with E-state index in [0.717, 1.165) is 12.8 Å². The van der Waals surface area contributed by atoms with Crippen molar-refractivity contribution in [2.45, 2.75) is 39.5 Å². The lowest BCUT2D eigenvalue weighted by atomic mass is 10.3. The number of esters is 2. The van der Waals surface area contributed by atoms with E-state index in [9.17, 15) is 9.59 Å². The van der Waals surface area contributed by atoms with Crippen molar-refractivity contribution in [3.8, 4) is 0 Å². The first-order chi connectivity index (χ1) is 7.70. The molecule has 0 aromatic rings. The predicted molar refractivity (Wildman–Crippen MR) is 60.9 cm³/mol. The SMILES string of the molecule is CCC=CCC(=O)OCCOC(=O)CCC. The van der Waals surface area contributed by atoms with E-state index in [1.165, 1.54) is 0 Å². The maximum atomic E-state index is 11.1. The van der Waals surface area contributed by atoms with Gasteiger partial charge in [0.05, 0.1) is 6.42 Å². The van der Waals surface area contributed by atoms with Gasteiger partial charge in [-0.15, -0.1) is 0 Å². The normalized spacial score (nSPS) is 10.4. The molecular formula is C12H20O4. The van der Waals surface area contributed by atoms with Gasteiger partial charge in [0.2, 0.25) is 0 Å². The van der Waals surface area contributed by atoms with E-state index in [4.69, 9.17) is 9.47 Å². The van der Waals surface area contributed by atoms with Crippen molar-refractivity contribution < 1.29 is 19.1 Å². The lowest BCUT2D eigenvalue weighted by Gasteiger charge is -2.04. The van der Waals surface area contributed by atoms with Crippen LogP contribution in [0.3, 0.4) is 0 Å². The van der Waals surface area contributed by atoms with Crippen LogP contribution in [0.1, 0.15) is 39.5 Å². The lowest BCUT2D eigenvalue weighted by Crippen LogP contribution is -2.13. The highest BCUT2D eigenvalue weighted by molar-refractivity contribution is 5.71. The molecule has 0 aliphatic rings. The van der Waals surface area contributed by atoms with Crippen molar-refractivity contribution in [2.75, 3.05) is 13.2 Å². The Morgan fingerprint density at radius 3 is 2.19 bits per heavy atom. The molecule has 0 N–H and O–H groups in total. The Bertz CT molecular complexity index is 233. The van der Waals surface area contributed by atoms with E-state index < -0.39 is 0 Å². The Morgan fingerprint density at radius 2 is 1.62 bits per heavy atom. The van der Waals surface area contributed by atoms with Gasteiger partial charge in [-0.1, -0.05) is 26.0 Å². The fraction of sp³-hybridized carbons (Fsp3) is 0.667. The summed E-state index contributed by atoms with van der Waals surface area (Å²) >= 11 is 0. The van der Waals surface area contributed by atoms with E-state index >= 15 is 0 Å². The number of rotatable bonds is 8. The quantitative estimate of drug-likeness (QED) is 0.363. The number of carbonyl (C=O) groups is 2. The molecule has 0 aliphatic carbocycles. The summed E-state index contributed by atoms with van der Waals surface area (Å²) in [6, 6.07) is 0. The van der Waals surface area contributed by atoms with Crippen molar-refractivity contribution in [2.24, 2.45) is 0 Å². The van der Waals surface area contributed by atoms with E-state index in [1.807, 2.05) is 19.9 Å². The highest BCUT2D eigenvalue weighted by Crippen LogP contribution is 1.93. The minimum absolute atomic E-state index is 0.133. The van der Waals surface area contributed by atoms with Gasteiger partial charge < -0.3 is 9.47 Å². The van der Waals surface area contributed by atoms with Crippen LogP contribution in [0.25, 0.3) is 0 Å². The fourth-order valence-corrected chi connectivity index (χ4v) is 0.992. The summed E-state index contributed by atoms with van der Waals surface area (Å²) < 4.78 is 9.67. The van der Waals surface area contributed by atoms with Crippen molar-refractivity contribution >= 4 is 11.9 Å². The van der Waals surface area contributed by atoms with Crippen LogP contribution in [0, 0.1) is 0 Å². The Hall–Kier alpha value is -1.32. The third kappa shape index (κ3) is 9.24. The molecule has 0 aliphatic heterocycles. The number of carbonyl (C=O) groups excluding carboxylic acids is 2. The van der Waals surface area contributed by atoms with Crippen LogP contribution in [0.15, 0.2) is 12.2 Å². The monoisotopic (exact) mass is 228 g/mol. The second kappa shape index (κ2) is 10.2. The number of ether oxygens (including phenoxy) is 2. The molecule has 0 heterocycles. The number of hydrogen-bond donors (Lipinski definition) is 0. The first-order valence-electron chi connectivity index (χ1n) is 5.66. The van der Waals surface area contributed by atoms with Crippen LogP contribution in [0.2, 0.25) is 0 Å². The van der Waals surface area contributed by atoms with E-state index in [-0.39, 0.29) is 31.6 Å².